The van der Waals surface area contributed by atoms with Crippen molar-refractivity contribution in [2.45, 2.75) is 24.0 Å². The first kappa shape index (κ1) is 14.4. The molecule has 1 rings (SSSR count). The predicted molar refractivity (Wildman–Crippen MR) is 61.5 cm³/mol. The topological polar surface area (TPSA) is 121 Å². The number of sulfone groups is 1. The monoisotopic (exact) mass is 276 g/mol. The highest BCUT2D eigenvalue weighted by Gasteiger charge is 2.29. The highest BCUT2D eigenvalue weighted by Crippen LogP contribution is 2.30. The second kappa shape index (κ2) is 4.88. The van der Waals surface area contributed by atoms with Crippen LogP contribution in [0.25, 0.3) is 0 Å². The van der Waals surface area contributed by atoms with E-state index in [1.807, 2.05) is 0 Å². The van der Waals surface area contributed by atoms with E-state index in [2.05, 4.69) is 0 Å². The summed E-state index contributed by atoms with van der Waals surface area (Å²) >= 11 is 0. The number of nitro benzene ring substituents is 1. The lowest BCUT2D eigenvalue weighted by atomic mass is 10.3. The molecule has 0 saturated carbocycles. The highest BCUT2D eigenvalue weighted by atomic mass is 32.2. The fraction of sp³-hybridized carbons (Fsp3) is 0.333. The average molecular weight is 276 g/mol. The van der Waals surface area contributed by atoms with Crippen molar-refractivity contribution in [2.75, 3.05) is 5.23 Å². The molecule has 0 saturated heterocycles. The number of hydrogen-bond acceptors (Lipinski definition) is 7. The van der Waals surface area contributed by atoms with Gasteiger partial charge in [0.15, 0.2) is 9.84 Å². The summed E-state index contributed by atoms with van der Waals surface area (Å²) in [6.07, 6.45) is 0. The quantitative estimate of drug-likeness (QED) is 0.629. The lowest BCUT2D eigenvalue weighted by molar-refractivity contribution is -0.387. The molecule has 0 bridgehead atoms. The van der Waals surface area contributed by atoms with Gasteiger partial charge in [-0.3, -0.25) is 20.5 Å². The summed E-state index contributed by atoms with van der Waals surface area (Å²) in [6.45, 7) is 2.80. The molecular formula is C9H12N2O6S. The van der Waals surface area contributed by atoms with Gasteiger partial charge in [-0.2, -0.15) is 0 Å². The molecule has 0 amide bonds. The highest BCUT2D eigenvalue weighted by molar-refractivity contribution is 7.92. The minimum Gasteiger partial charge on any atom is -0.264 e. The molecule has 0 fully saturated rings. The van der Waals surface area contributed by atoms with Gasteiger partial charge in [-0.05, 0) is 26.0 Å². The van der Waals surface area contributed by atoms with E-state index >= 15 is 0 Å². The van der Waals surface area contributed by atoms with Crippen LogP contribution < -0.4 is 5.23 Å². The fourth-order valence-electron chi connectivity index (χ4n) is 1.27. The first-order valence-electron chi connectivity index (χ1n) is 4.88. The summed E-state index contributed by atoms with van der Waals surface area (Å²) in [5, 5.41) is 27.2. The number of hydrogen-bond donors (Lipinski definition) is 2. The summed E-state index contributed by atoms with van der Waals surface area (Å²) < 4.78 is 23.8. The second-order valence-corrected chi connectivity index (χ2v) is 6.26. The zero-order valence-electron chi connectivity index (χ0n) is 9.64. The fourth-order valence-corrected chi connectivity index (χ4v) is 2.46. The SMILES string of the molecule is CC(C)S(=O)(=O)c1ccc(N(O)O)cc1[N+](=O)[O-]. The zero-order chi connectivity index (χ0) is 14.1. The maximum atomic E-state index is 11.9. The summed E-state index contributed by atoms with van der Waals surface area (Å²) in [4.78, 5) is 9.49. The van der Waals surface area contributed by atoms with Crippen LogP contribution in [0.5, 0.6) is 0 Å². The molecule has 2 N–H and O–H groups in total. The van der Waals surface area contributed by atoms with Gasteiger partial charge in [0.25, 0.3) is 5.69 Å². The van der Waals surface area contributed by atoms with Gasteiger partial charge in [0.05, 0.1) is 10.2 Å². The molecule has 1 aromatic rings. The molecule has 100 valence electrons. The summed E-state index contributed by atoms with van der Waals surface area (Å²) in [7, 11) is -3.82. The van der Waals surface area contributed by atoms with Crippen molar-refractivity contribution in [3.63, 3.8) is 0 Å². The minimum absolute atomic E-state index is 0.301. The number of rotatable bonds is 4. The van der Waals surface area contributed by atoms with Crippen molar-refractivity contribution in [2.24, 2.45) is 0 Å². The van der Waals surface area contributed by atoms with Crippen LogP contribution in [0.2, 0.25) is 0 Å². The van der Waals surface area contributed by atoms with Crippen molar-refractivity contribution < 1.29 is 23.8 Å². The van der Waals surface area contributed by atoms with Gasteiger partial charge in [0.2, 0.25) is 0 Å². The van der Waals surface area contributed by atoms with Crippen molar-refractivity contribution >= 4 is 21.2 Å². The Balaban J connectivity index is 3.52. The first-order valence-corrected chi connectivity index (χ1v) is 6.42. The maximum absolute atomic E-state index is 11.9. The van der Waals surface area contributed by atoms with Crippen LogP contribution in [-0.2, 0) is 9.84 Å². The minimum atomic E-state index is -3.82. The molecule has 1 aromatic carbocycles. The van der Waals surface area contributed by atoms with E-state index in [-0.39, 0.29) is 10.9 Å². The van der Waals surface area contributed by atoms with Gasteiger partial charge >= 0.3 is 0 Å². The third kappa shape index (κ3) is 2.58. The van der Waals surface area contributed by atoms with Crippen LogP contribution in [0.3, 0.4) is 0 Å². The number of benzene rings is 1. The lowest BCUT2D eigenvalue weighted by Crippen LogP contribution is -2.17. The molecule has 0 aliphatic heterocycles. The van der Waals surface area contributed by atoms with Gasteiger partial charge in [-0.25, -0.2) is 8.42 Å². The molecule has 0 radical (unpaired) electrons. The zero-order valence-corrected chi connectivity index (χ0v) is 10.5. The molecule has 8 nitrogen and oxygen atoms in total. The Labute approximate surface area is 103 Å². The molecular weight excluding hydrogens is 264 g/mol. The molecule has 0 heterocycles. The van der Waals surface area contributed by atoms with Crippen LogP contribution in [-0.4, -0.2) is 29.0 Å². The second-order valence-electron chi connectivity index (χ2n) is 3.79. The molecule has 0 aliphatic carbocycles. The maximum Gasteiger partial charge on any atom is 0.290 e. The van der Waals surface area contributed by atoms with E-state index < -0.39 is 30.6 Å². The molecule has 9 heteroatoms. The largest absolute Gasteiger partial charge is 0.290 e. The Morgan fingerprint density at radius 3 is 2.28 bits per heavy atom. The Bertz CT molecular complexity index is 566. The predicted octanol–water partition coefficient (Wildman–Crippen LogP) is 1.36. The summed E-state index contributed by atoms with van der Waals surface area (Å²) in [6, 6.07) is 2.81. The lowest BCUT2D eigenvalue weighted by Gasteiger charge is -2.11. The van der Waals surface area contributed by atoms with E-state index in [0.717, 1.165) is 18.2 Å². The molecule has 0 aliphatic rings. The summed E-state index contributed by atoms with van der Waals surface area (Å²) in [5.41, 5.74) is -1.00. The Hall–Kier alpha value is -1.71. The molecule has 0 atom stereocenters. The van der Waals surface area contributed by atoms with Crippen LogP contribution in [0.15, 0.2) is 23.1 Å². The number of nitro groups is 1. The summed E-state index contributed by atoms with van der Waals surface area (Å²) in [5.74, 6) is 0. The van der Waals surface area contributed by atoms with Crippen LogP contribution in [0, 0.1) is 10.1 Å². The van der Waals surface area contributed by atoms with Crippen molar-refractivity contribution in [3.05, 3.63) is 28.3 Å². The standard InChI is InChI=1S/C9H12N2O6S/c1-6(2)18(16,17)9-4-3-7(10(12)13)5-8(9)11(14)15/h3-6,12-13H,1-2H3. The van der Waals surface area contributed by atoms with Crippen LogP contribution in [0.1, 0.15) is 13.8 Å². The van der Waals surface area contributed by atoms with Crippen LogP contribution >= 0.6 is 0 Å². The third-order valence-electron chi connectivity index (χ3n) is 2.30. The van der Waals surface area contributed by atoms with Crippen LogP contribution in [0.4, 0.5) is 11.4 Å². The van der Waals surface area contributed by atoms with E-state index in [1.165, 1.54) is 13.8 Å². The first-order chi connectivity index (χ1) is 8.17. The Kier molecular flexibility index (Phi) is 3.89. The third-order valence-corrected chi connectivity index (χ3v) is 4.50. The van der Waals surface area contributed by atoms with Crippen molar-refractivity contribution in [3.8, 4) is 0 Å². The van der Waals surface area contributed by atoms with Gasteiger partial charge in [0, 0.05) is 6.07 Å². The van der Waals surface area contributed by atoms with Crippen molar-refractivity contribution in [1.82, 2.24) is 0 Å². The van der Waals surface area contributed by atoms with Crippen molar-refractivity contribution in [1.29, 1.82) is 0 Å². The van der Waals surface area contributed by atoms with Gasteiger partial charge in [-0.1, -0.05) is 0 Å². The van der Waals surface area contributed by atoms with E-state index in [9.17, 15) is 18.5 Å². The van der Waals surface area contributed by atoms with E-state index in [4.69, 9.17) is 10.4 Å². The van der Waals surface area contributed by atoms with E-state index in [1.54, 1.807) is 0 Å². The molecule has 0 spiro atoms. The normalized spacial score (nSPS) is 11.6. The molecule has 0 aromatic heterocycles. The molecule has 0 unspecified atom stereocenters. The Morgan fingerprint density at radius 1 is 1.33 bits per heavy atom. The van der Waals surface area contributed by atoms with Gasteiger partial charge in [-0.15, -0.1) is 5.23 Å². The number of anilines is 1. The average Bonchev–Trinajstić information content (AvgIpc) is 2.27. The smallest absolute Gasteiger partial charge is 0.264 e. The molecule has 18 heavy (non-hydrogen) atoms. The van der Waals surface area contributed by atoms with Gasteiger partial charge in [0.1, 0.15) is 10.6 Å². The van der Waals surface area contributed by atoms with Gasteiger partial charge < -0.3 is 0 Å². The Morgan fingerprint density at radius 2 is 1.89 bits per heavy atom. The number of nitrogens with zero attached hydrogens (tertiary/aromatic N) is 2. The van der Waals surface area contributed by atoms with E-state index in [0.29, 0.717) is 0 Å².